The predicted octanol–water partition coefficient (Wildman–Crippen LogP) is 4.41. The van der Waals surface area contributed by atoms with Crippen LogP contribution in [0.4, 0.5) is 14.5 Å². The fourth-order valence-corrected chi connectivity index (χ4v) is 3.65. The first-order valence-electron chi connectivity index (χ1n) is 8.59. The molecule has 0 N–H and O–H groups in total. The summed E-state index contributed by atoms with van der Waals surface area (Å²) >= 11 is 6.07. The third-order valence-corrected chi connectivity index (χ3v) is 5.01. The van der Waals surface area contributed by atoms with Crippen molar-refractivity contribution in [3.05, 3.63) is 59.4 Å². The van der Waals surface area contributed by atoms with E-state index in [0.717, 1.165) is 41.5 Å². The minimum absolute atomic E-state index is 0.414. The van der Waals surface area contributed by atoms with E-state index in [1.807, 2.05) is 30.3 Å². The van der Waals surface area contributed by atoms with Crippen molar-refractivity contribution in [2.75, 3.05) is 31.1 Å². The summed E-state index contributed by atoms with van der Waals surface area (Å²) in [7, 11) is 0. The fraction of sp³-hybridized carbons (Fsp3) is 0.316. The molecule has 2 aromatic carbocycles. The van der Waals surface area contributed by atoms with Crippen LogP contribution in [0.5, 0.6) is 0 Å². The van der Waals surface area contributed by atoms with Gasteiger partial charge < -0.3 is 4.90 Å². The molecule has 0 bridgehead atoms. The molecule has 0 radical (unpaired) electrons. The second-order valence-electron chi connectivity index (χ2n) is 6.41. The van der Waals surface area contributed by atoms with Gasteiger partial charge in [0.2, 0.25) is 0 Å². The third-order valence-electron chi connectivity index (χ3n) is 4.77. The van der Waals surface area contributed by atoms with E-state index in [4.69, 9.17) is 11.6 Å². The minimum Gasteiger partial charge on any atom is -0.369 e. The molecule has 7 heteroatoms. The number of rotatable bonds is 4. The second-order valence-corrected chi connectivity index (χ2v) is 6.84. The Balaban J connectivity index is 1.48. The van der Waals surface area contributed by atoms with Crippen LogP contribution >= 0.6 is 11.6 Å². The molecule has 4 nitrogen and oxygen atoms in total. The van der Waals surface area contributed by atoms with Gasteiger partial charge in [-0.25, -0.2) is 4.98 Å². The zero-order valence-electron chi connectivity index (χ0n) is 14.2. The maximum absolute atomic E-state index is 13.5. The average Bonchev–Trinajstić information content (AvgIpc) is 3.00. The van der Waals surface area contributed by atoms with E-state index >= 15 is 0 Å². The van der Waals surface area contributed by atoms with Crippen LogP contribution in [0.15, 0.2) is 48.5 Å². The molecule has 4 rings (SSSR count). The number of nitrogens with zero attached hydrogens (tertiary/aromatic N) is 4. The molecule has 1 aromatic heterocycles. The van der Waals surface area contributed by atoms with Crippen LogP contribution < -0.4 is 4.90 Å². The fourth-order valence-electron chi connectivity index (χ4n) is 3.46. The lowest BCUT2D eigenvalue weighted by Crippen LogP contribution is -2.46. The summed E-state index contributed by atoms with van der Waals surface area (Å²) in [5.74, 6) is 0.414. The van der Waals surface area contributed by atoms with Gasteiger partial charge in [0.15, 0.2) is 0 Å². The normalized spacial score (nSPS) is 15.9. The highest BCUT2D eigenvalue weighted by atomic mass is 35.5. The van der Waals surface area contributed by atoms with Crippen LogP contribution in [0.2, 0.25) is 5.02 Å². The van der Waals surface area contributed by atoms with Gasteiger partial charge in [0.05, 0.1) is 17.6 Å². The lowest BCUT2D eigenvalue weighted by Gasteiger charge is -2.36. The highest BCUT2D eigenvalue weighted by Crippen LogP contribution is 2.25. The molecule has 1 saturated heterocycles. The standard InChI is InChI=1S/C19H19ClF2N4/c20-14-4-3-5-15(12-14)25-10-8-24(9-11-25)13-18-23-16-6-1-2-7-17(16)26(18)19(21)22/h1-7,12,19H,8-11,13H2. The first-order chi connectivity index (χ1) is 12.6. The van der Waals surface area contributed by atoms with Gasteiger partial charge in [0.25, 0.3) is 0 Å². The maximum atomic E-state index is 13.5. The van der Waals surface area contributed by atoms with Crippen molar-refractivity contribution in [2.24, 2.45) is 0 Å². The van der Waals surface area contributed by atoms with Gasteiger partial charge in [0.1, 0.15) is 5.82 Å². The predicted molar refractivity (Wildman–Crippen MR) is 99.9 cm³/mol. The molecule has 1 aliphatic heterocycles. The number of fused-ring (bicyclic) bond motifs is 1. The summed E-state index contributed by atoms with van der Waals surface area (Å²) in [6.07, 6.45) is 0. The SMILES string of the molecule is FC(F)n1c(CN2CCN(c3cccc(Cl)c3)CC2)nc2ccccc21. The van der Waals surface area contributed by atoms with Crippen LogP contribution in [0.25, 0.3) is 11.0 Å². The Kier molecular flexibility index (Phi) is 4.78. The van der Waals surface area contributed by atoms with Gasteiger partial charge in [-0.15, -0.1) is 0 Å². The molecular formula is C19H19ClF2N4. The summed E-state index contributed by atoms with van der Waals surface area (Å²) in [5.41, 5.74) is 2.19. The number of alkyl halides is 2. The van der Waals surface area contributed by atoms with E-state index < -0.39 is 6.55 Å². The number of piperazine rings is 1. The van der Waals surface area contributed by atoms with E-state index in [1.165, 1.54) is 0 Å². The summed E-state index contributed by atoms with van der Waals surface area (Å²) in [5, 5.41) is 0.718. The summed E-state index contributed by atoms with van der Waals surface area (Å²) in [6.45, 7) is 1.07. The summed E-state index contributed by atoms with van der Waals surface area (Å²) < 4.78 is 28.1. The maximum Gasteiger partial charge on any atom is 0.320 e. The molecule has 26 heavy (non-hydrogen) atoms. The van der Waals surface area contributed by atoms with Gasteiger partial charge in [-0.05, 0) is 30.3 Å². The van der Waals surface area contributed by atoms with Gasteiger partial charge in [0, 0.05) is 36.9 Å². The van der Waals surface area contributed by atoms with Gasteiger partial charge in [-0.3, -0.25) is 9.47 Å². The van der Waals surface area contributed by atoms with E-state index in [2.05, 4.69) is 14.8 Å². The second kappa shape index (κ2) is 7.21. The molecule has 0 unspecified atom stereocenters. The van der Waals surface area contributed by atoms with Gasteiger partial charge >= 0.3 is 6.55 Å². The number of halogens is 3. The van der Waals surface area contributed by atoms with Crippen molar-refractivity contribution in [1.29, 1.82) is 0 Å². The molecule has 0 atom stereocenters. The minimum atomic E-state index is -2.59. The Labute approximate surface area is 155 Å². The van der Waals surface area contributed by atoms with E-state index in [1.54, 1.807) is 18.2 Å². The topological polar surface area (TPSA) is 24.3 Å². The highest BCUT2D eigenvalue weighted by molar-refractivity contribution is 6.30. The third kappa shape index (κ3) is 3.39. The molecule has 0 spiro atoms. The lowest BCUT2D eigenvalue weighted by molar-refractivity contribution is 0.0681. The monoisotopic (exact) mass is 376 g/mol. The van der Waals surface area contributed by atoms with E-state index in [-0.39, 0.29) is 0 Å². The molecule has 1 aliphatic rings. The number of imidazole rings is 1. The molecule has 136 valence electrons. The van der Waals surface area contributed by atoms with Crippen LogP contribution in [0.1, 0.15) is 12.4 Å². The number of aromatic nitrogens is 2. The van der Waals surface area contributed by atoms with Crippen molar-refractivity contribution in [1.82, 2.24) is 14.5 Å². The summed E-state index contributed by atoms with van der Waals surface area (Å²) in [4.78, 5) is 8.86. The molecule has 0 aliphatic carbocycles. The van der Waals surface area contributed by atoms with Crippen molar-refractivity contribution in [3.8, 4) is 0 Å². The van der Waals surface area contributed by atoms with Gasteiger partial charge in [-0.2, -0.15) is 8.78 Å². The Hall–Kier alpha value is -2.18. The number of hydrogen-bond donors (Lipinski definition) is 0. The Morgan fingerprint density at radius 3 is 2.50 bits per heavy atom. The zero-order chi connectivity index (χ0) is 18.1. The van der Waals surface area contributed by atoms with E-state index in [0.29, 0.717) is 23.4 Å². The van der Waals surface area contributed by atoms with Crippen molar-refractivity contribution in [2.45, 2.75) is 13.1 Å². The Morgan fingerprint density at radius 2 is 1.77 bits per heavy atom. The van der Waals surface area contributed by atoms with Crippen LogP contribution in [0, 0.1) is 0 Å². The van der Waals surface area contributed by atoms with E-state index in [9.17, 15) is 8.78 Å². The highest BCUT2D eigenvalue weighted by Gasteiger charge is 2.22. The first-order valence-corrected chi connectivity index (χ1v) is 8.96. The van der Waals surface area contributed by atoms with Gasteiger partial charge in [-0.1, -0.05) is 29.8 Å². The number of benzene rings is 2. The van der Waals surface area contributed by atoms with Crippen molar-refractivity contribution in [3.63, 3.8) is 0 Å². The lowest BCUT2D eigenvalue weighted by atomic mass is 10.2. The number of para-hydroxylation sites is 2. The Bertz CT molecular complexity index is 903. The van der Waals surface area contributed by atoms with Crippen molar-refractivity contribution < 1.29 is 8.78 Å². The van der Waals surface area contributed by atoms with Crippen LogP contribution in [-0.4, -0.2) is 40.6 Å². The van der Waals surface area contributed by atoms with Crippen LogP contribution in [0.3, 0.4) is 0 Å². The first kappa shape index (κ1) is 17.2. The molecular weight excluding hydrogens is 358 g/mol. The zero-order valence-corrected chi connectivity index (χ0v) is 14.9. The van der Waals surface area contributed by atoms with Crippen molar-refractivity contribution >= 4 is 28.3 Å². The molecule has 1 fully saturated rings. The molecule has 3 aromatic rings. The van der Waals surface area contributed by atoms with Crippen LogP contribution in [-0.2, 0) is 6.54 Å². The number of hydrogen-bond acceptors (Lipinski definition) is 3. The summed E-state index contributed by atoms with van der Waals surface area (Å²) in [6, 6.07) is 14.8. The molecule has 2 heterocycles. The quantitative estimate of drug-likeness (QED) is 0.674. The Morgan fingerprint density at radius 1 is 1.00 bits per heavy atom. The largest absolute Gasteiger partial charge is 0.369 e. The average molecular weight is 377 g/mol. The molecule has 0 saturated carbocycles. The smallest absolute Gasteiger partial charge is 0.320 e. The number of anilines is 1. The molecule has 0 amide bonds.